The Morgan fingerprint density at radius 1 is 0.865 bits per heavy atom. The van der Waals surface area contributed by atoms with Crippen LogP contribution in [0, 0.1) is 28.5 Å². The van der Waals surface area contributed by atoms with Gasteiger partial charge < -0.3 is 9.47 Å². The van der Waals surface area contributed by atoms with Crippen LogP contribution in [0.25, 0.3) is 10.9 Å². The fourth-order valence-corrected chi connectivity index (χ4v) is 4.93. The van der Waals surface area contributed by atoms with Gasteiger partial charge in [-0.3, -0.25) is 9.79 Å². The third kappa shape index (κ3) is 4.60. The molecule has 1 aromatic heterocycles. The predicted octanol–water partition coefficient (Wildman–Crippen LogP) is 5.40. The average molecular weight is 490 g/mol. The van der Waals surface area contributed by atoms with Crippen molar-refractivity contribution in [1.29, 1.82) is 10.5 Å². The molecule has 0 bridgehead atoms. The van der Waals surface area contributed by atoms with E-state index in [9.17, 15) is 10.1 Å². The minimum atomic E-state index is -0.823. The van der Waals surface area contributed by atoms with E-state index in [-0.39, 0.29) is 18.9 Å². The summed E-state index contributed by atoms with van der Waals surface area (Å²) in [5, 5.41) is 19.4. The molecule has 2 heterocycles. The fourth-order valence-electron chi connectivity index (χ4n) is 4.93. The Kier molecular flexibility index (Phi) is 6.78. The van der Waals surface area contributed by atoms with Gasteiger partial charge in [-0.1, -0.05) is 48.5 Å². The number of para-hydroxylation sites is 2. The molecule has 0 fully saturated rings. The number of aromatic nitrogens is 1. The highest BCUT2D eigenvalue weighted by Crippen LogP contribution is 2.32. The summed E-state index contributed by atoms with van der Waals surface area (Å²) in [6.45, 7) is 0.756. The molecular weight excluding hydrogens is 465 g/mol. The standard InChI is InChI=1S/C30H24FN5O/c31-25-12-4-1-10-23(25)29-24-11-3-6-14-28(24)36(18-8-16-33)30(37)26(34-29)19-21-20-35(17-7-15-32)27-13-5-2-9-22(21)27/h1-6,9-14,20,26H,7-8,17-19H2/t26-/m1/s1. The number of nitrogens with zero attached hydrogens (tertiary/aromatic N) is 5. The zero-order valence-corrected chi connectivity index (χ0v) is 20.1. The maximum absolute atomic E-state index is 15.0. The van der Waals surface area contributed by atoms with E-state index < -0.39 is 11.9 Å². The molecule has 3 aromatic carbocycles. The zero-order chi connectivity index (χ0) is 25.8. The summed E-state index contributed by atoms with van der Waals surface area (Å²) >= 11 is 0. The number of rotatable bonds is 7. The van der Waals surface area contributed by atoms with Gasteiger partial charge in [0.15, 0.2) is 0 Å². The Balaban J connectivity index is 1.66. The molecule has 5 rings (SSSR count). The largest absolute Gasteiger partial charge is 0.346 e. The van der Waals surface area contributed by atoms with Gasteiger partial charge in [0.05, 0.1) is 36.4 Å². The quantitative estimate of drug-likeness (QED) is 0.348. The molecule has 0 unspecified atom stereocenters. The van der Waals surface area contributed by atoms with Crippen LogP contribution in [-0.4, -0.2) is 28.8 Å². The van der Waals surface area contributed by atoms with E-state index in [2.05, 4.69) is 12.1 Å². The van der Waals surface area contributed by atoms with Gasteiger partial charge in [0.2, 0.25) is 0 Å². The van der Waals surface area contributed by atoms with Gasteiger partial charge in [0, 0.05) is 47.7 Å². The van der Waals surface area contributed by atoms with Crippen molar-refractivity contribution in [1.82, 2.24) is 4.57 Å². The lowest BCUT2D eigenvalue weighted by Crippen LogP contribution is -2.39. The van der Waals surface area contributed by atoms with E-state index >= 15 is 4.39 Å². The molecule has 6 nitrogen and oxygen atoms in total. The first-order valence-electron chi connectivity index (χ1n) is 12.2. The third-order valence-electron chi connectivity index (χ3n) is 6.61. The van der Waals surface area contributed by atoms with Gasteiger partial charge in [-0.25, -0.2) is 4.39 Å². The molecule has 0 N–H and O–H groups in total. The number of amides is 1. The molecule has 37 heavy (non-hydrogen) atoms. The maximum Gasteiger partial charge on any atom is 0.252 e. The molecule has 1 atom stereocenters. The van der Waals surface area contributed by atoms with Crippen LogP contribution in [0.3, 0.4) is 0 Å². The Labute approximate surface area is 214 Å². The molecular formula is C30H24FN5O. The number of hydrogen-bond donors (Lipinski definition) is 0. The summed E-state index contributed by atoms with van der Waals surface area (Å²) in [6.07, 6.45) is 2.81. The van der Waals surface area contributed by atoms with Gasteiger partial charge in [0.1, 0.15) is 11.9 Å². The lowest BCUT2D eigenvalue weighted by molar-refractivity contribution is -0.119. The Morgan fingerprint density at radius 3 is 2.32 bits per heavy atom. The highest BCUT2D eigenvalue weighted by Gasteiger charge is 2.33. The van der Waals surface area contributed by atoms with Gasteiger partial charge in [-0.15, -0.1) is 0 Å². The first-order chi connectivity index (χ1) is 18.1. The fraction of sp³-hybridized carbons (Fsp3) is 0.200. The molecule has 0 aliphatic carbocycles. The van der Waals surface area contributed by atoms with Crippen molar-refractivity contribution in [2.24, 2.45) is 4.99 Å². The molecule has 1 aliphatic rings. The molecule has 0 radical (unpaired) electrons. The topological polar surface area (TPSA) is 85.2 Å². The molecule has 7 heteroatoms. The first-order valence-corrected chi connectivity index (χ1v) is 12.2. The normalized spacial score (nSPS) is 15.0. The van der Waals surface area contributed by atoms with Gasteiger partial charge in [-0.05, 0) is 29.8 Å². The Morgan fingerprint density at radius 2 is 1.54 bits per heavy atom. The highest BCUT2D eigenvalue weighted by molar-refractivity contribution is 6.20. The number of benzodiazepines with no additional fused rings is 1. The van der Waals surface area contributed by atoms with Crippen molar-refractivity contribution in [3.63, 3.8) is 0 Å². The summed E-state index contributed by atoms with van der Waals surface area (Å²) in [5.74, 6) is -0.649. The van der Waals surface area contributed by atoms with Crippen LogP contribution >= 0.6 is 0 Å². The second-order valence-electron chi connectivity index (χ2n) is 8.87. The Hall–Kier alpha value is -4.75. The van der Waals surface area contributed by atoms with Crippen LogP contribution in [0.15, 0.2) is 84.0 Å². The van der Waals surface area contributed by atoms with E-state index in [1.807, 2.05) is 59.3 Å². The van der Waals surface area contributed by atoms with Gasteiger partial charge in [-0.2, -0.15) is 10.5 Å². The monoisotopic (exact) mass is 489 g/mol. The van der Waals surface area contributed by atoms with Crippen LogP contribution in [0.4, 0.5) is 10.1 Å². The molecule has 0 saturated heterocycles. The number of aryl methyl sites for hydroxylation is 1. The SMILES string of the molecule is N#CCCN1C(=O)[C@@H](Cc2cn(CCC#N)c3ccccc23)N=C(c2ccccc2F)c2ccccc21. The summed E-state index contributed by atoms with van der Waals surface area (Å²) in [6, 6.07) is 25.1. The molecule has 0 saturated carbocycles. The van der Waals surface area contributed by atoms with Crippen molar-refractivity contribution in [3.05, 3.63) is 102 Å². The number of halogens is 1. The molecule has 0 spiro atoms. The third-order valence-corrected chi connectivity index (χ3v) is 6.61. The minimum Gasteiger partial charge on any atom is -0.346 e. The number of carbonyl (C=O) groups is 1. The predicted molar refractivity (Wildman–Crippen MR) is 141 cm³/mol. The Bertz CT molecular complexity index is 1590. The van der Waals surface area contributed by atoms with Crippen molar-refractivity contribution >= 4 is 28.2 Å². The van der Waals surface area contributed by atoms with E-state index in [4.69, 9.17) is 10.3 Å². The average Bonchev–Trinajstić information content (AvgIpc) is 3.22. The molecule has 1 amide bonds. The smallest absolute Gasteiger partial charge is 0.252 e. The van der Waals surface area contributed by atoms with Crippen LogP contribution in [0.1, 0.15) is 29.5 Å². The number of carbonyl (C=O) groups excluding carboxylic acids is 1. The summed E-state index contributed by atoms with van der Waals surface area (Å²) < 4.78 is 17.1. The van der Waals surface area contributed by atoms with Crippen molar-refractivity contribution in [2.45, 2.75) is 31.8 Å². The molecule has 4 aromatic rings. The van der Waals surface area contributed by atoms with Crippen LogP contribution in [0.2, 0.25) is 0 Å². The second-order valence-corrected chi connectivity index (χ2v) is 8.87. The van der Waals surface area contributed by atoms with E-state index in [0.717, 1.165) is 16.5 Å². The zero-order valence-electron chi connectivity index (χ0n) is 20.1. The maximum atomic E-state index is 15.0. The number of benzene rings is 3. The number of aliphatic imine (C=N–C) groups is 1. The van der Waals surface area contributed by atoms with Crippen LogP contribution in [-0.2, 0) is 17.8 Å². The minimum absolute atomic E-state index is 0.162. The van der Waals surface area contributed by atoms with E-state index in [1.54, 1.807) is 23.1 Å². The molecule has 182 valence electrons. The summed E-state index contributed by atoms with van der Waals surface area (Å²) in [7, 11) is 0. The van der Waals surface area contributed by atoms with Crippen molar-refractivity contribution in [2.75, 3.05) is 11.4 Å². The lowest BCUT2D eigenvalue weighted by atomic mass is 9.99. The lowest BCUT2D eigenvalue weighted by Gasteiger charge is -2.24. The van der Waals surface area contributed by atoms with E-state index in [0.29, 0.717) is 41.9 Å². The van der Waals surface area contributed by atoms with Crippen molar-refractivity contribution < 1.29 is 9.18 Å². The molecule has 1 aliphatic heterocycles. The van der Waals surface area contributed by atoms with E-state index in [1.165, 1.54) is 6.07 Å². The van der Waals surface area contributed by atoms with Gasteiger partial charge >= 0.3 is 0 Å². The highest BCUT2D eigenvalue weighted by atomic mass is 19.1. The second kappa shape index (κ2) is 10.5. The summed E-state index contributed by atoms with van der Waals surface area (Å²) in [5.41, 5.74) is 3.92. The number of hydrogen-bond acceptors (Lipinski definition) is 4. The van der Waals surface area contributed by atoms with Gasteiger partial charge in [0.25, 0.3) is 5.91 Å². The first kappa shape index (κ1) is 24.0. The number of fused-ring (bicyclic) bond motifs is 2. The number of anilines is 1. The van der Waals surface area contributed by atoms with Crippen molar-refractivity contribution in [3.8, 4) is 12.1 Å². The number of nitriles is 2. The van der Waals surface area contributed by atoms with Crippen LogP contribution in [0.5, 0.6) is 0 Å². The van der Waals surface area contributed by atoms with Crippen LogP contribution < -0.4 is 4.90 Å². The summed E-state index contributed by atoms with van der Waals surface area (Å²) in [4.78, 5) is 20.5.